The lowest BCUT2D eigenvalue weighted by Crippen LogP contribution is -2.31. The summed E-state index contributed by atoms with van der Waals surface area (Å²) in [5.41, 5.74) is 1.61. The van der Waals surface area contributed by atoms with Gasteiger partial charge in [-0.1, -0.05) is 71.9 Å². The van der Waals surface area contributed by atoms with Crippen molar-refractivity contribution in [1.29, 1.82) is 0 Å². The highest BCUT2D eigenvalue weighted by Gasteiger charge is 2.38. The van der Waals surface area contributed by atoms with Crippen LogP contribution in [0.25, 0.3) is 0 Å². The molecule has 0 heterocycles. The van der Waals surface area contributed by atoms with Crippen LogP contribution in [0.2, 0.25) is 0 Å². The minimum Gasteiger partial charge on any atom is -0.508 e. The van der Waals surface area contributed by atoms with Gasteiger partial charge in [0.15, 0.2) is 0 Å². The summed E-state index contributed by atoms with van der Waals surface area (Å²) in [7, 11) is 0. The monoisotopic (exact) mass is 300 g/mol. The van der Waals surface area contributed by atoms with Crippen LogP contribution in [0.3, 0.4) is 0 Å². The van der Waals surface area contributed by atoms with Crippen LogP contribution in [-0.4, -0.2) is 5.11 Å². The molecule has 0 fully saturated rings. The van der Waals surface area contributed by atoms with Gasteiger partial charge in [0.2, 0.25) is 0 Å². The molecule has 2 rings (SSSR count). The predicted molar refractivity (Wildman–Crippen MR) is 95.1 cm³/mol. The molecule has 122 valence electrons. The Balaban J connectivity index is 2.43. The second-order valence-corrected chi connectivity index (χ2v) is 9.02. The molecule has 1 heteroatoms. The Bertz CT molecular complexity index is 528. The summed E-state index contributed by atoms with van der Waals surface area (Å²) in [5, 5.41) is 10.3. The molecule has 3 unspecified atom stereocenters. The lowest BCUT2D eigenvalue weighted by atomic mass is 9.65. The van der Waals surface area contributed by atoms with Crippen LogP contribution in [0.5, 0.6) is 5.75 Å². The van der Waals surface area contributed by atoms with Crippen molar-refractivity contribution in [2.75, 3.05) is 0 Å². The fourth-order valence-electron chi connectivity index (χ4n) is 3.76. The number of phenols is 1. The van der Waals surface area contributed by atoms with E-state index in [9.17, 15) is 5.11 Å². The van der Waals surface area contributed by atoms with Crippen LogP contribution < -0.4 is 0 Å². The first kappa shape index (κ1) is 17.1. The molecule has 0 aliphatic heterocycles. The van der Waals surface area contributed by atoms with E-state index >= 15 is 0 Å². The van der Waals surface area contributed by atoms with Crippen LogP contribution in [0, 0.1) is 22.7 Å². The smallest absolute Gasteiger partial charge is 0.119 e. The highest BCUT2D eigenvalue weighted by atomic mass is 16.3. The molecule has 1 N–H and O–H groups in total. The van der Waals surface area contributed by atoms with Crippen molar-refractivity contribution >= 4 is 0 Å². The fourth-order valence-corrected chi connectivity index (χ4v) is 3.76. The fraction of sp³-hybridized carbons (Fsp3) is 0.619. The molecule has 0 bridgehead atoms. The van der Waals surface area contributed by atoms with Gasteiger partial charge in [0, 0.05) is 11.5 Å². The Hall–Kier alpha value is -1.24. The van der Waals surface area contributed by atoms with Crippen LogP contribution in [-0.2, 0) is 0 Å². The predicted octanol–water partition coefficient (Wildman–Crippen LogP) is 6.15. The second-order valence-electron chi connectivity index (χ2n) is 9.02. The van der Waals surface area contributed by atoms with E-state index in [0.717, 1.165) is 12.0 Å². The molecule has 22 heavy (non-hydrogen) atoms. The molecule has 3 atom stereocenters. The zero-order valence-corrected chi connectivity index (χ0v) is 15.1. The molecule has 0 amide bonds. The van der Waals surface area contributed by atoms with Crippen molar-refractivity contribution in [3.05, 3.63) is 42.0 Å². The Morgan fingerprint density at radius 2 is 1.59 bits per heavy atom. The third kappa shape index (κ3) is 3.74. The van der Waals surface area contributed by atoms with Gasteiger partial charge < -0.3 is 5.11 Å². The third-order valence-corrected chi connectivity index (χ3v) is 5.37. The third-order valence-electron chi connectivity index (χ3n) is 5.37. The minimum absolute atomic E-state index is 0.213. The summed E-state index contributed by atoms with van der Waals surface area (Å²) in [6.45, 7) is 14.1. The summed E-state index contributed by atoms with van der Waals surface area (Å²) in [5.74, 6) is 1.95. The summed E-state index contributed by atoms with van der Waals surface area (Å²) < 4.78 is 0. The van der Waals surface area contributed by atoms with Gasteiger partial charge in [-0.15, -0.1) is 0 Å². The molecular formula is C21H32O. The van der Waals surface area contributed by atoms with Gasteiger partial charge in [0.1, 0.15) is 5.75 Å². The number of para-hydroxylation sites is 1. The maximum absolute atomic E-state index is 10.3. The summed E-state index contributed by atoms with van der Waals surface area (Å²) in [4.78, 5) is 0. The summed E-state index contributed by atoms with van der Waals surface area (Å²) in [6.07, 6.45) is 7.04. The Morgan fingerprint density at radius 1 is 0.955 bits per heavy atom. The molecule has 1 aliphatic rings. The van der Waals surface area contributed by atoms with Crippen LogP contribution in [0.15, 0.2) is 36.4 Å². The summed E-state index contributed by atoms with van der Waals surface area (Å²) in [6, 6.07) is 7.84. The number of benzene rings is 1. The van der Waals surface area contributed by atoms with Crippen molar-refractivity contribution in [1.82, 2.24) is 0 Å². The van der Waals surface area contributed by atoms with Crippen LogP contribution >= 0.6 is 0 Å². The van der Waals surface area contributed by atoms with Gasteiger partial charge in [0.25, 0.3) is 0 Å². The molecule has 1 aliphatic carbocycles. The number of phenolic OH excluding ortho intramolecular Hbond substituents is 1. The number of aromatic hydroxyl groups is 1. The van der Waals surface area contributed by atoms with E-state index in [1.165, 1.54) is 6.42 Å². The van der Waals surface area contributed by atoms with Crippen molar-refractivity contribution in [2.24, 2.45) is 22.7 Å². The Labute approximate surface area is 136 Å². The van der Waals surface area contributed by atoms with E-state index in [1.807, 2.05) is 18.2 Å². The van der Waals surface area contributed by atoms with E-state index in [1.54, 1.807) is 0 Å². The average molecular weight is 300 g/mol. The molecule has 0 radical (unpaired) electrons. The molecule has 0 aromatic heterocycles. The number of allylic oxidation sites excluding steroid dienone is 2. The Kier molecular flexibility index (Phi) is 4.75. The SMILES string of the molecule is CC(C)(C)C1CC=CC(c2ccccc2O)C(C(C)(C)C)C1. The number of hydrogen-bond acceptors (Lipinski definition) is 1. The average Bonchev–Trinajstić information content (AvgIpc) is 2.61. The first-order valence-corrected chi connectivity index (χ1v) is 8.55. The molecule has 0 saturated carbocycles. The normalized spacial score (nSPS) is 26.7. The Morgan fingerprint density at radius 3 is 2.14 bits per heavy atom. The maximum Gasteiger partial charge on any atom is 0.119 e. The van der Waals surface area contributed by atoms with E-state index in [2.05, 4.69) is 59.8 Å². The van der Waals surface area contributed by atoms with E-state index < -0.39 is 0 Å². The van der Waals surface area contributed by atoms with Crippen LogP contribution in [0.1, 0.15) is 65.9 Å². The first-order valence-electron chi connectivity index (χ1n) is 8.55. The van der Waals surface area contributed by atoms with E-state index in [-0.39, 0.29) is 5.41 Å². The van der Waals surface area contributed by atoms with Crippen molar-refractivity contribution in [3.63, 3.8) is 0 Å². The van der Waals surface area contributed by atoms with E-state index in [4.69, 9.17) is 0 Å². The van der Waals surface area contributed by atoms with Gasteiger partial charge in [0.05, 0.1) is 0 Å². The quantitative estimate of drug-likeness (QED) is 0.617. The molecule has 1 nitrogen and oxygen atoms in total. The second kappa shape index (κ2) is 6.10. The molecule has 0 saturated heterocycles. The van der Waals surface area contributed by atoms with E-state index in [0.29, 0.717) is 28.9 Å². The highest BCUT2D eigenvalue weighted by molar-refractivity contribution is 5.38. The van der Waals surface area contributed by atoms with Gasteiger partial charge >= 0.3 is 0 Å². The van der Waals surface area contributed by atoms with Crippen molar-refractivity contribution < 1.29 is 5.11 Å². The zero-order valence-electron chi connectivity index (χ0n) is 15.1. The lowest BCUT2D eigenvalue weighted by Gasteiger charge is -2.40. The standard InChI is InChI=1S/C21H32O/c1-20(2,3)15-10-9-12-16(18(14-15)21(4,5)6)17-11-7-8-13-19(17)22/h7-9,11-13,15-16,18,22H,10,14H2,1-6H3. The zero-order chi connectivity index (χ0) is 16.5. The van der Waals surface area contributed by atoms with Crippen LogP contribution in [0.4, 0.5) is 0 Å². The summed E-state index contributed by atoms with van der Waals surface area (Å²) >= 11 is 0. The largest absolute Gasteiger partial charge is 0.508 e. The lowest BCUT2D eigenvalue weighted by molar-refractivity contribution is 0.129. The van der Waals surface area contributed by atoms with Gasteiger partial charge in [-0.2, -0.15) is 0 Å². The molecule has 1 aromatic rings. The highest BCUT2D eigenvalue weighted by Crippen LogP contribution is 2.49. The van der Waals surface area contributed by atoms with Crippen molar-refractivity contribution in [3.8, 4) is 5.75 Å². The van der Waals surface area contributed by atoms with Gasteiger partial charge in [-0.05, 0) is 41.6 Å². The number of hydrogen-bond donors (Lipinski definition) is 1. The van der Waals surface area contributed by atoms with Crippen molar-refractivity contribution in [2.45, 2.75) is 60.3 Å². The number of rotatable bonds is 1. The molecule has 1 aromatic carbocycles. The minimum atomic E-state index is 0.213. The maximum atomic E-state index is 10.3. The molecular weight excluding hydrogens is 268 g/mol. The van der Waals surface area contributed by atoms with Gasteiger partial charge in [-0.25, -0.2) is 0 Å². The van der Waals surface area contributed by atoms with Gasteiger partial charge in [-0.3, -0.25) is 0 Å². The topological polar surface area (TPSA) is 20.2 Å². The first-order chi connectivity index (χ1) is 10.1. The molecule has 0 spiro atoms.